The van der Waals surface area contributed by atoms with Crippen LogP contribution in [-0.2, 0) is 20.9 Å². The number of nitrogens with zero attached hydrogens (tertiary/aromatic N) is 1. The van der Waals surface area contributed by atoms with Crippen molar-refractivity contribution in [1.82, 2.24) is 4.90 Å². The lowest BCUT2D eigenvalue weighted by atomic mass is 9.74. The zero-order chi connectivity index (χ0) is 23.8. The van der Waals surface area contributed by atoms with Crippen LogP contribution in [0.4, 0.5) is 0 Å². The van der Waals surface area contributed by atoms with Crippen LogP contribution in [0.2, 0.25) is 0 Å². The molecule has 1 aliphatic carbocycles. The predicted octanol–water partition coefficient (Wildman–Crippen LogP) is 4.82. The highest BCUT2D eigenvalue weighted by atomic mass is 16.5. The summed E-state index contributed by atoms with van der Waals surface area (Å²) in [6, 6.07) is 8.67. The number of benzene rings is 1. The number of hydrogen-bond donors (Lipinski definition) is 0. The van der Waals surface area contributed by atoms with Crippen LogP contribution >= 0.6 is 0 Å². The number of rotatable bonds is 7. The number of carbonyl (C=O) groups excluding carboxylic acids is 2. The van der Waals surface area contributed by atoms with Crippen LogP contribution in [-0.4, -0.2) is 35.9 Å². The molecule has 0 spiro atoms. The van der Waals surface area contributed by atoms with Gasteiger partial charge in [0.15, 0.2) is 23.0 Å². The first kappa shape index (κ1) is 22.6. The Morgan fingerprint density at radius 2 is 1.85 bits per heavy atom. The highest BCUT2D eigenvalue weighted by Crippen LogP contribution is 2.49. The zero-order valence-electron chi connectivity index (χ0n) is 19.9. The van der Waals surface area contributed by atoms with E-state index in [1.54, 1.807) is 17.2 Å². The van der Waals surface area contributed by atoms with E-state index in [0.717, 1.165) is 24.8 Å². The highest BCUT2D eigenvalue weighted by Gasteiger charge is 2.52. The topological polar surface area (TPSA) is 78.2 Å². The first-order valence-corrected chi connectivity index (χ1v) is 12.2. The molecule has 7 nitrogen and oxygen atoms in total. The first-order chi connectivity index (χ1) is 16.5. The average Bonchev–Trinajstić information content (AvgIpc) is 3.43. The molecule has 2 aromatic rings. The van der Waals surface area contributed by atoms with Crippen molar-refractivity contribution in [3.05, 3.63) is 59.3 Å². The summed E-state index contributed by atoms with van der Waals surface area (Å²) in [5.41, 5.74) is 1.24. The molecule has 1 fully saturated rings. The Kier molecular flexibility index (Phi) is 6.11. The van der Waals surface area contributed by atoms with E-state index >= 15 is 0 Å². The van der Waals surface area contributed by atoms with Crippen LogP contribution in [0.25, 0.3) is 0 Å². The zero-order valence-corrected chi connectivity index (χ0v) is 19.9. The van der Waals surface area contributed by atoms with Gasteiger partial charge < -0.3 is 23.5 Å². The van der Waals surface area contributed by atoms with Gasteiger partial charge in [0.2, 0.25) is 0 Å². The molecule has 1 aromatic carbocycles. The van der Waals surface area contributed by atoms with Crippen LogP contribution in [0.1, 0.15) is 57.4 Å². The van der Waals surface area contributed by atoms with Crippen molar-refractivity contribution < 1.29 is 28.2 Å². The third-order valence-corrected chi connectivity index (χ3v) is 6.99. The van der Waals surface area contributed by atoms with Crippen molar-refractivity contribution >= 4 is 11.7 Å². The summed E-state index contributed by atoms with van der Waals surface area (Å²) in [7, 11) is 0. The molecule has 180 valence electrons. The third-order valence-electron chi connectivity index (χ3n) is 6.99. The molecule has 3 heterocycles. The number of hydrogen-bond acceptors (Lipinski definition) is 6. The minimum absolute atomic E-state index is 0.0324. The molecular formula is C27H31NO6. The Morgan fingerprint density at radius 1 is 1.06 bits per heavy atom. The maximum atomic E-state index is 13.8. The molecule has 1 aromatic heterocycles. The number of fused-ring (bicyclic) bond motifs is 1. The second-order valence-corrected chi connectivity index (χ2v) is 9.28. The standard InChI is InChI=1S/C27H31NO6/c1-4-31-21-11-9-17(14-22(21)32-5-2)24-23-25(29)19-13-16(3)8-10-20(19)34-26(23)27(30)28(24)15-18-7-6-12-33-18/h6-7,9,11-12,14,16,19-20,24H,4-5,8,10,13,15H2,1-3H3. The lowest BCUT2D eigenvalue weighted by molar-refractivity contribution is -0.136. The summed E-state index contributed by atoms with van der Waals surface area (Å²) in [6.07, 6.45) is 3.94. The van der Waals surface area contributed by atoms with Crippen molar-refractivity contribution in [2.75, 3.05) is 13.2 Å². The lowest BCUT2D eigenvalue weighted by Gasteiger charge is -2.37. The minimum atomic E-state index is -0.576. The van der Waals surface area contributed by atoms with Gasteiger partial charge in [0.05, 0.1) is 43.6 Å². The average molecular weight is 466 g/mol. The van der Waals surface area contributed by atoms with Crippen LogP contribution in [0, 0.1) is 11.8 Å². The molecule has 1 saturated carbocycles. The molecule has 3 aliphatic rings. The largest absolute Gasteiger partial charge is 0.490 e. The van der Waals surface area contributed by atoms with Gasteiger partial charge in [0, 0.05) is 0 Å². The summed E-state index contributed by atoms with van der Waals surface area (Å²) < 4.78 is 23.4. The molecule has 0 bridgehead atoms. The maximum Gasteiger partial charge on any atom is 0.290 e. The summed E-state index contributed by atoms with van der Waals surface area (Å²) in [5.74, 6) is 2.08. The lowest BCUT2D eigenvalue weighted by Crippen LogP contribution is -2.41. The highest BCUT2D eigenvalue weighted by molar-refractivity contribution is 6.11. The van der Waals surface area contributed by atoms with Crippen LogP contribution in [0.3, 0.4) is 0 Å². The van der Waals surface area contributed by atoms with Crippen molar-refractivity contribution in [2.45, 2.75) is 58.7 Å². The van der Waals surface area contributed by atoms with Gasteiger partial charge in [-0.05, 0) is 68.9 Å². The normalized spacial score (nSPS) is 26.3. The number of amides is 1. The SMILES string of the molecule is CCOc1ccc(C2C3=C(OC4CCC(C)CC4C3=O)C(=O)N2Cc2ccco2)cc1OCC. The maximum absolute atomic E-state index is 13.8. The van der Waals surface area contributed by atoms with E-state index in [0.29, 0.717) is 42.0 Å². The van der Waals surface area contributed by atoms with Gasteiger partial charge in [-0.3, -0.25) is 9.59 Å². The monoisotopic (exact) mass is 465 g/mol. The molecule has 0 radical (unpaired) electrons. The van der Waals surface area contributed by atoms with E-state index in [1.165, 1.54) is 0 Å². The molecule has 0 saturated heterocycles. The molecule has 4 atom stereocenters. The van der Waals surface area contributed by atoms with Gasteiger partial charge in [-0.25, -0.2) is 0 Å². The number of ketones is 1. The van der Waals surface area contributed by atoms with E-state index in [-0.39, 0.29) is 36.0 Å². The summed E-state index contributed by atoms with van der Waals surface area (Å²) in [5, 5.41) is 0. The van der Waals surface area contributed by atoms with Crippen molar-refractivity contribution in [3.8, 4) is 11.5 Å². The molecule has 4 unspecified atom stereocenters. The smallest absolute Gasteiger partial charge is 0.290 e. The van der Waals surface area contributed by atoms with Gasteiger partial charge in [-0.2, -0.15) is 0 Å². The summed E-state index contributed by atoms with van der Waals surface area (Å²) in [6.45, 7) is 7.22. The Balaban J connectivity index is 1.59. The third kappa shape index (κ3) is 3.87. The molecule has 34 heavy (non-hydrogen) atoms. The van der Waals surface area contributed by atoms with Gasteiger partial charge >= 0.3 is 0 Å². The Labute approximate surface area is 199 Å². The molecule has 2 aliphatic heterocycles. The van der Waals surface area contributed by atoms with E-state index in [1.807, 2.05) is 38.1 Å². The number of furan rings is 1. The fourth-order valence-electron chi connectivity index (χ4n) is 5.44. The Hall–Kier alpha value is -3.22. The number of ether oxygens (including phenoxy) is 3. The van der Waals surface area contributed by atoms with Gasteiger partial charge in [-0.1, -0.05) is 13.0 Å². The molecule has 1 amide bonds. The Morgan fingerprint density at radius 3 is 2.59 bits per heavy atom. The number of carbonyl (C=O) groups is 2. The van der Waals surface area contributed by atoms with E-state index < -0.39 is 6.04 Å². The van der Waals surface area contributed by atoms with Gasteiger partial charge in [0.25, 0.3) is 5.91 Å². The summed E-state index contributed by atoms with van der Waals surface area (Å²) in [4.78, 5) is 29.1. The van der Waals surface area contributed by atoms with Crippen LogP contribution in [0.5, 0.6) is 11.5 Å². The van der Waals surface area contributed by atoms with Crippen molar-refractivity contribution in [1.29, 1.82) is 0 Å². The van der Waals surface area contributed by atoms with Crippen LogP contribution in [0.15, 0.2) is 52.3 Å². The number of Topliss-reactive ketones (excluding diaryl/α,β-unsaturated/α-hetero) is 1. The minimum Gasteiger partial charge on any atom is -0.490 e. The molecule has 0 N–H and O–H groups in total. The molecule has 5 rings (SSSR count). The second-order valence-electron chi connectivity index (χ2n) is 9.28. The van der Waals surface area contributed by atoms with E-state index in [2.05, 4.69) is 6.92 Å². The fourth-order valence-corrected chi connectivity index (χ4v) is 5.44. The van der Waals surface area contributed by atoms with Crippen molar-refractivity contribution in [3.63, 3.8) is 0 Å². The van der Waals surface area contributed by atoms with E-state index in [4.69, 9.17) is 18.6 Å². The Bertz CT molecular complexity index is 1100. The second kappa shape index (κ2) is 9.20. The summed E-state index contributed by atoms with van der Waals surface area (Å²) >= 11 is 0. The first-order valence-electron chi connectivity index (χ1n) is 12.2. The quantitative estimate of drug-likeness (QED) is 0.584. The van der Waals surface area contributed by atoms with Gasteiger partial charge in [-0.15, -0.1) is 0 Å². The van der Waals surface area contributed by atoms with Crippen LogP contribution < -0.4 is 9.47 Å². The molecule has 7 heteroatoms. The predicted molar refractivity (Wildman–Crippen MR) is 124 cm³/mol. The molecular weight excluding hydrogens is 434 g/mol. The van der Waals surface area contributed by atoms with Crippen molar-refractivity contribution in [2.24, 2.45) is 11.8 Å². The fraction of sp³-hybridized carbons (Fsp3) is 0.481. The van der Waals surface area contributed by atoms with E-state index in [9.17, 15) is 9.59 Å². The van der Waals surface area contributed by atoms with Gasteiger partial charge in [0.1, 0.15) is 11.9 Å².